The van der Waals surface area contributed by atoms with E-state index in [-0.39, 0.29) is 0 Å². The van der Waals surface area contributed by atoms with Crippen molar-refractivity contribution < 1.29 is 29.0 Å². The molecule has 7 nitrogen and oxygen atoms in total. The SMILES string of the molecule is COCCCc1ccc2c(c1)C(C)(C)C(=O)C(C(=O)NCC(=O)O)C2=O. The van der Waals surface area contributed by atoms with Crippen LogP contribution in [0.3, 0.4) is 0 Å². The molecule has 1 aliphatic carbocycles. The van der Waals surface area contributed by atoms with Crippen molar-refractivity contribution in [2.45, 2.75) is 32.1 Å². The molecule has 0 bridgehead atoms. The van der Waals surface area contributed by atoms with Crippen LogP contribution in [0.1, 0.15) is 41.8 Å². The van der Waals surface area contributed by atoms with Crippen molar-refractivity contribution >= 4 is 23.4 Å². The van der Waals surface area contributed by atoms with Crippen molar-refractivity contribution in [1.29, 1.82) is 0 Å². The van der Waals surface area contributed by atoms with Gasteiger partial charge in [0, 0.05) is 19.3 Å². The van der Waals surface area contributed by atoms with Crippen molar-refractivity contribution in [3.8, 4) is 0 Å². The molecular formula is C19H23NO6. The third-order valence-electron chi connectivity index (χ3n) is 4.65. The summed E-state index contributed by atoms with van der Waals surface area (Å²) in [5, 5.41) is 10.8. The fourth-order valence-corrected chi connectivity index (χ4v) is 3.17. The van der Waals surface area contributed by atoms with Gasteiger partial charge in [-0.25, -0.2) is 0 Å². The second kappa shape index (κ2) is 7.78. The van der Waals surface area contributed by atoms with Crippen LogP contribution < -0.4 is 5.32 Å². The van der Waals surface area contributed by atoms with Crippen LogP contribution in [-0.2, 0) is 31.0 Å². The molecule has 1 atom stereocenters. The fraction of sp³-hybridized carbons (Fsp3) is 0.474. The molecule has 0 saturated heterocycles. The Morgan fingerprint density at radius 1 is 1.27 bits per heavy atom. The highest BCUT2D eigenvalue weighted by Gasteiger charge is 2.49. The molecule has 0 spiro atoms. The monoisotopic (exact) mass is 361 g/mol. The number of benzene rings is 1. The number of carbonyl (C=O) groups is 4. The van der Waals surface area contributed by atoms with Crippen LogP contribution >= 0.6 is 0 Å². The zero-order valence-electron chi connectivity index (χ0n) is 15.1. The minimum atomic E-state index is -1.52. The number of hydrogen-bond acceptors (Lipinski definition) is 5. The number of aliphatic carboxylic acids is 1. The first-order valence-electron chi connectivity index (χ1n) is 8.40. The zero-order valence-corrected chi connectivity index (χ0v) is 15.1. The van der Waals surface area contributed by atoms with Gasteiger partial charge in [0.05, 0.1) is 5.41 Å². The molecule has 140 valence electrons. The van der Waals surface area contributed by atoms with E-state index >= 15 is 0 Å². The van der Waals surface area contributed by atoms with E-state index in [2.05, 4.69) is 5.32 Å². The number of carboxylic acids is 1. The van der Waals surface area contributed by atoms with Crippen molar-refractivity contribution in [2.75, 3.05) is 20.3 Å². The highest BCUT2D eigenvalue weighted by atomic mass is 16.5. The normalized spacial score (nSPS) is 18.3. The van der Waals surface area contributed by atoms with E-state index in [1.807, 2.05) is 12.1 Å². The highest BCUT2D eigenvalue weighted by molar-refractivity contribution is 6.28. The Morgan fingerprint density at radius 2 is 1.96 bits per heavy atom. The van der Waals surface area contributed by atoms with Gasteiger partial charge in [-0.3, -0.25) is 19.2 Å². The van der Waals surface area contributed by atoms with Crippen LogP contribution in [0.4, 0.5) is 0 Å². The largest absolute Gasteiger partial charge is 0.480 e. The third-order valence-corrected chi connectivity index (χ3v) is 4.65. The standard InChI is InChI=1S/C19H23NO6/c1-19(2)13-9-11(5-4-8-26-3)6-7-12(13)16(23)15(17(19)24)18(25)20-10-14(21)22/h6-7,9,15H,4-5,8,10H2,1-3H3,(H,20,25)(H,21,22). The lowest BCUT2D eigenvalue weighted by Crippen LogP contribution is -2.51. The predicted molar refractivity (Wildman–Crippen MR) is 93.1 cm³/mol. The highest BCUT2D eigenvalue weighted by Crippen LogP contribution is 2.37. The average molecular weight is 361 g/mol. The van der Waals surface area contributed by atoms with Crippen LogP contribution in [0.25, 0.3) is 0 Å². The van der Waals surface area contributed by atoms with Crippen LogP contribution in [-0.4, -0.2) is 48.8 Å². The third kappa shape index (κ3) is 3.83. The molecule has 1 aromatic rings. The van der Waals surface area contributed by atoms with E-state index in [0.717, 1.165) is 18.4 Å². The predicted octanol–water partition coefficient (Wildman–Crippen LogP) is 1.13. The lowest BCUT2D eigenvalue weighted by molar-refractivity contribution is -0.140. The Morgan fingerprint density at radius 3 is 2.58 bits per heavy atom. The Bertz CT molecular complexity index is 752. The molecule has 0 aliphatic heterocycles. The Kier molecular flexibility index (Phi) is 5.92. The van der Waals surface area contributed by atoms with Gasteiger partial charge < -0.3 is 15.2 Å². The first-order valence-corrected chi connectivity index (χ1v) is 8.40. The number of methoxy groups -OCH3 is 1. The Balaban J connectivity index is 2.35. The van der Waals surface area contributed by atoms with Gasteiger partial charge in [-0.2, -0.15) is 0 Å². The number of ketones is 2. The molecule has 26 heavy (non-hydrogen) atoms. The molecule has 1 amide bonds. The molecule has 1 aromatic carbocycles. The number of ether oxygens (including phenoxy) is 1. The van der Waals surface area contributed by atoms with E-state index in [1.165, 1.54) is 0 Å². The Labute approximate surface area is 151 Å². The van der Waals surface area contributed by atoms with Gasteiger partial charge >= 0.3 is 5.97 Å². The topological polar surface area (TPSA) is 110 Å². The first-order chi connectivity index (χ1) is 12.2. The maximum atomic E-state index is 12.8. The smallest absolute Gasteiger partial charge is 0.322 e. The van der Waals surface area contributed by atoms with E-state index in [1.54, 1.807) is 27.0 Å². The molecule has 1 aliphatic rings. The number of fused-ring (bicyclic) bond motifs is 1. The lowest BCUT2D eigenvalue weighted by Gasteiger charge is -2.34. The van der Waals surface area contributed by atoms with Gasteiger partial charge in [0.2, 0.25) is 5.91 Å². The van der Waals surface area contributed by atoms with Gasteiger partial charge in [-0.1, -0.05) is 18.2 Å². The average Bonchev–Trinajstić information content (AvgIpc) is 2.59. The van der Waals surface area contributed by atoms with Crippen LogP contribution in [0, 0.1) is 5.92 Å². The maximum Gasteiger partial charge on any atom is 0.322 e. The second-order valence-corrected chi connectivity index (χ2v) is 6.87. The number of rotatable bonds is 7. The van der Waals surface area contributed by atoms with Crippen LogP contribution in [0.15, 0.2) is 18.2 Å². The van der Waals surface area contributed by atoms with E-state index in [4.69, 9.17) is 9.84 Å². The van der Waals surface area contributed by atoms with Gasteiger partial charge in [-0.15, -0.1) is 0 Å². The van der Waals surface area contributed by atoms with E-state index < -0.39 is 41.3 Å². The van der Waals surface area contributed by atoms with Gasteiger partial charge in [-0.05, 0) is 37.8 Å². The molecule has 0 saturated carbocycles. The van der Waals surface area contributed by atoms with Gasteiger partial charge in [0.15, 0.2) is 17.5 Å². The molecule has 0 radical (unpaired) electrons. The summed E-state index contributed by atoms with van der Waals surface area (Å²) in [6.45, 7) is 3.33. The number of carbonyl (C=O) groups excluding carboxylic acids is 3. The minimum Gasteiger partial charge on any atom is -0.480 e. The first kappa shape index (κ1) is 19.8. The summed E-state index contributed by atoms with van der Waals surface area (Å²) in [5.41, 5.74) is 0.902. The summed E-state index contributed by atoms with van der Waals surface area (Å²) in [5.74, 6) is -4.74. The minimum absolute atomic E-state index is 0.334. The molecular weight excluding hydrogens is 338 g/mol. The quantitative estimate of drug-likeness (QED) is 0.556. The summed E-state index contributed by atoms with van der Waals surface area (Å²) in [7, 11) is 1.63. The number of nitrogens with one attached hydrogen (secondary N) is 1. The fourth-order valence-electron chi connectivity index (χ4n) is 3.17. The van der Waals surface area contributed by atoms with Gasteiger partial charge in [0.1, 0.15) is 6.54 Å². The molecule has 7 heteroatoms. The van der Waals surface area contributed by atoms with Gasteiger partial charge in [0.25, 0.3) is 0 Å². The second-order valence-electron chi connectivity index (χ2n) is 6.87. The number of aryl methyl sites for hydroxylation is 1. The van der Waals surface area contributed by atoms with Crippen molar-refractivity contribution in [1.82, 2.24) is 5.32 Å². The molecule has 2 N–H and O–H groups in total. The van der Waals surface area contributed by atoms with E-state index in [9.17, 15) is 19.2 Å². The summed E-state index contributed by atoms with van der Waals surface area (Å²) in [6, 6.07) is 5.29. The maximum absolute atomic E-state index is 12.8. The summed E-state index contributed by atoms with van der Waals surface area (Å²) in [6.07, 6.45) is 1.57. The lowest BCUT2D eigenvalue weighted by atomic mass is 9.66. The summed E-state index contributed by atoms with van der Waals surface area (Å²) >= 11 is 0. The van der Waals surface area contributed by atoms with Crippen LogP contribution in [0.5, 0.6) is 0 Å². The van der Waals surface area contributed by atoms with Crippen molar-refractivity contribution in [2.24, 2.45) is 5.92 Å². The number of carboxylic acid groups (broad SMARTS) is 1. The summed E-state index contributed by atoms with van der Waals surface area (Å²) < 4.78 is 5.04. The summed E-state index contributed by atoms with van der Waals surface area (Å²) in [4.78, 5) is 48.4. The van der Waals surface area contributed by atoms with Crippen molar-refractivity contribution in [3.05, 3.63) is 34.9 Å². The molecule has 0 aromatic heterocycles. The number of Topliss-reactive ketones (excluding diaryl/α,β-unsaturated/α-hetero) is 2. The molecule has 2 rings (SSSR count). The van der Waals surface area contributed by atoms with E-state index in [0.29, 0.717) is 17.7 Å². The Hall–Kier alpha value is -2.54. The molecule has 1 unspecified atom stereocenters. The number of hydrogen-bond donors (Lipinski definition) is 2. The van der Waals surface area contributed by atoms with Crippen LogP contribution in [0.2, 0.25) is 0 Å². The van der Waals surface area contributed by atoms with Crippen molar-refractivity contribution in [3.63, 3.8) is 0 Å². The number of amides is 1. The zero-order chi connectivity index (χ0) is 19.5. The molecule has 0 fully saturated rings. The molecule has 0 heterocycles.